The first kappa shape index (κ1) is 16.2. The summed E-state index contributed by atoms with van der Waals surface area (Å²) in [6, 6.07) is 3.75. The van der Waals surface area contributed by atoms with Crippen LogP contribution in [0.5, 0.6) is 0 Å². The highest BCUT2D eigenvalue weighted by molar-refractivity contribution is 6.61. The van der Waals surface area contributed by atoms with Crippen molar-refractivity contribution in [2.45, 2.75) is 51.2 Å². The van der Waals surface area contributed by atoms with E-state index < -0.39 is 36.4 Å². The first-order valence-electron chi connectivity index (χ1n) is 6.47. The number of alkyl halides is 4. The zero-order chi connectivity index (χ0) is 16.1. The Labute approximate surface area is 120 Å². The Morgan fingerprint density at radius 1 is 1.10 bits per heavy atom. The molecule has 0 N–H and O–H groups in total. The highest BCUT2D eigenvalue weighted by Gasteiger charge is 2.52. The number of nitrogens with zero attached hydrogens (tertiary/aromatic N) is 1. The normalized spacial score (nSPS) is 22.4. The molecule has 0 spiro atoms. The van der Waals surface area contributed by atoms with Gasteiger partial charge in [0.25, 0.3) is 0 Å². The van der Waals surface area contributed by atoms with Gasteiger partial charge in [0.15, 0.2) is 0 Å². The van der Waals surface area contributed by atoms with Crippen molar-refractivity contribution in [3.8, 4) is 0 Å². The van der Waals surface area contributed by atoms with Crippen LogP contribution in [-0.2, 0) is 9.31 Å². The minimum absolute atomic E-state index is 0.123. The molecule has 1 atom stereocenters. The largest absolute Gasteiger partial charge is 0.514 e. The zero-order valence-electron chi connectivity index (χ0n) is 12.2. The van der Waals surface area contributed by atoms with Gasteiger partial charge in [-0.05, 0) is 39.8 Å². The summed E-state index contributed by atoms with van der Waals surface area (Å²) in [7, 11) is -0.921. The Balaban J connectivity index is 2.28. The lowest BCUT2D eigenvalue weighted by atomic mass is 9.84. The average Bonchev–Trinajstić information content (AvgIpc) is 2.57. The molecule has 3 nitrogen and oxygen atoms in total. The molecule has 8 heteroatoms. The molecule has 1 fully saturated rings. The van der Waals surface area contributed by atoms with Gasteiger partial charge in [-0.15, -0.1) is 0 Å². The van der Waals surface area contributed by atoms with Crippen LogP contribution in [0, 0.1) is 0 Å². The highest BCUT2D eigenvalue weighted by atomic mass is 19.4. The standard InChI is InChI=1S/C13H16BF4NO2/c1-11(2)12(3,4)21-14(20-11)9-7-5-6-8(19-9)10(15)13(16,17)18/h5-7,10H,1-4H3. The molecule has 1 unspecified atom stereocenters. The summed E-state index contributed by atoms with van der Waals surface area (Å²) in [6.07, 6.45) is -8.11. The van der Waals surface area contributed by atoms with Crippen LogP contribution in [0.2, 0.25) is 0 Å². The van der Waals surface area contributed by atoms with Gasteiger partial charge in [-0.2, -0.15) is 13.2 Å². The maximum atomic E-state index is 13.3. The van der Waals surface area contributed by atoms with E-state index in [9.17, 15) is 17.6 Å². The SMILES string of the molecule is CC1(C)OB(c2cccc(C(F)C(F)(F)F)n2)OC1(C)C. The smallest absolute Gasteiger partial charge is 0.398 e. The summed E-state index contributed by atoms with van der Waals surface area (Å²) in [6.45, 7) is 7.24. The minimum atomic E-state index is -4.98. The second kappa shape index (κ2) is 4.95. The first-order valence-corrected chi connectivity index (χ1v) is 6.47. The summed E-state index contributed by atoms with van der Waals surface area (Å²) < 4.78 is 61.9. The molecule has 0 amide bonds. The summed E-state index contributed by atoms with van der Waals surface area (Å²) in [4.78, 5) is 3.71. The Kier molecular flexibility index (Phi) is 3.82. The monoisotopic (exact) mass is 305 g/mol. The van der Waals surface area contributed by atoms with Gasteiger partial charge in [0.05, 0.1) is 22.5 Å². The molecule has 2 heterocycles. The van der Waals surface area contributed by atoms with Crippen LogP contribution in [0.25, 0.3) is 0 Å². The minimum Gasteiger partial charge on any atom is -0.398 e. The van der Waals surface area contributed by atoms with Crippen molar-refractivity contribution in [1.29, 1.82) is 0 Å². The third kappa shape index (κ3) is 3.06. The molecule has 116 valence electrons. The second-order valence-electron chi connectivity index (χ2n) is 5.98. The first-order chi connectivity index (χ1) is 9.44. The van der Waals surface area contributed by atoms with E-state index in [1.165, 1.54) is 12.1 Å². The number of pyridine rings is 1. The van der Waals surface area contributed by atoms with E-state index in [4.69, 9.17) is 9.31 Å². The molecular weight excluding hydrogens is 289 g/mol. The fraction of sp³-hybridized carbons (Fsp3) is 0.615. The lowest BCUT2D eigenvalue weighted by molar-refractivity contribution is -0.183. The van der Waals surface area contributed by atoms with Gasteiger partial charge < -0.3 is 9.31 Å². The predicted molar refractivity (Wildman–Crippen MR) is 69.9 cm³/mol. The Morgan fingerprint density at radius 2 is 1.62 bits per heavy atom. The molecule has 1 aliphatic heterocycles. The molecule has 0 radical (unpaired) electrons. The van der Waals surface area contributed by atoms with Crippen LogP contribution in [0.1, 0.15) is 39.6 Å². The molecule has 1 aromatic rings. The third-order valence-corrected chi connectivity index (χ3v) is 3.83. The van der Waals surface area contributed by atoms with E-state index in [0.717, 1.165) is 6.07 Å². The summed E-state index contributed by atoms with van der Waals surface area (Å²) in [5.74, 6) is 0. The molecule has 0 bridgehead atoms. The van der Waals surface area contributed by atoms with Crippen LogP contribution >= 0.6 is 0 Å². The van der Waals surface area contributed by atoms with Gasteiger partial charge >= 0.3 is 13.3 Å². The van der Waals surface area contributed by atoms with Crippen molar-refractivity contribution >= 4 is 12.7 Å². The fourth-order valence-electron chi connectivity index (χ4n) is 1.87. The lowest BCUT2D eigenvalue weighted by Gasteiger charge is -2.32. The number of rotatable bonds is 2. The Morgan fingerprint density at radius 3 is 2.10 bits per heavy atom. The second-order valence-corrected chi connectivity index (χ2v) is 5.98. The van der Waals surface area contributed by atoms with Crippen molar-refractivity contribution in [3.05, 3.63) is 23.9 Å². The van der Waals surface area contributed by atoms with Gasteiger partial charge in [0.2, 0.25) is 6.17 Å². The van der Waals surface area contributed by atoms with Crippen LogP contribution in [0.15, 0.2) is 18.2 Å². The van der Waals surface area contributed by atoms with Crippen molar-refractivity contribution in [1.82, 2.24) is 4.98 Å². The van der Waals surface area contributed by atoms with Crippen LogP contribution in [-0.4, -0.2) is 29.5 Å². The highest BCUT2D eigenvalue weighted by Crippen LogP contribution is 2.37. The van der Waals surface area contributed by atoms with Gasteiger partial charge in [0.1, 0.15) is 0 Å². The third-order valence-electron chi connectivity index (χ3n) is 3.83. The number of hydrogen-bond acceptors (Lipinski definition) is 3. The molecule has 1 saturated heterocycles. The zero-order valence-corrected chi connectivity index (χ0v) is 12.2. The van der Waals surface area contributed by atoms with Crippen molar-refractivity contribution in [2.75, 3.05) is 0 Å². The molecule has 21 heavy (non-hydrogen) atoms. The summed E-state index contributed by atoms with van der Waals surface area (Å²) in [5, 5.41) is 0. The summed E-state index contributed by atoms with van der Waals surface area (Å²) >= 11 is 0. The number of aromatic nitrogens is 1. The van der Waals surface area contributed by atoms with E-state index in [-0.39, 0.29) is 5.59 Å². The van der Waals surface area contributed by atoms with Crippen molar-refractivity contribution < 1.29 is 26.9 Å². The Bertz CT molecular complexity index is 517. The molecule has 0 aromatic carbocycles. The average molecular weight is 305 g/mol. The van der Waals surface area contributed by atoms with Crippen LogP contribution in [0.4, 0.5) is 17.6 Å². The van der Waals surface area contributed by atoms with E-state index in [1.54, 1.807) is 0 Å². The molecule has 0 saturated carbocycles. The van der Waals surface area contributed by atoms with Gasteiger partial charge in [-0.25, -0.2) is 4.39 Å². The van der Waals surface area contributed by atoms with E-state index >= 15 is 0 Å². The van der Waals surface area contributed by atoms with Gasteiger partial charge in [0, 0.05) is 0 Å². The Hall–Kier alpha value is -1.15. The predicted octanol–water partition coefficient (Wildman–Crippen LogP) is 2.95. The maximum Gasteiger partial charge on any atom is 0.514 e. The quantitative estimate of drug-likeness (QED) is 0.622. The van der Waals surface area contributed by atoms with Crippen molar-refractivity contribution in [2.24, 2.45) is 0 Å². The number of hydrogen-bond donors (Lipinski definition) is 0. The lowest BCUT2D eigenvalue weighted by Crippen LogP contribution is -2.41. The van der Waals surface area contributed by atoms with Crippen molar-refractivity contribution in [3.63, 3.8) is 0 Å². The van der Waals surface area contributed by atoms with Gasteiger partial charge in [-0.1, -0.05) is 6.07 Å². The summed E-state index contributed by atoms with van der Waals surface area (Å²) in [5.41, 5.74) is -1.86. The molecule has 1 aromatic heterocycles. The van der Waals surface area contributed by atoms with Gasteiger partial charge in [-0.3, -0.25) is 4.98 Å². The topological polar surface area (TPSA) is 31.4 Å². The van der Waals surface area contributed by atoms with E-state index in [2.05, 4.69) is 4.98 Å². The van der Waals surface area contributed by atoms with Crippen LogP contribution in [0.3, 0.4) is 0 Å². The van der Waals surface area contributed by atoms with E-state index in [1.807, 2.05) is 27.7 Å². The molecule has 1 aliphatic rings. The molecule has 2 rings (SSSR count). The molecule has 0 aliphatic carbocycles. The van der Waals surface area contributed by atoms with Crippen LogP contribution < -0.4 is 5.59 Å². The van der Waals surface area contributed by atoms with E-state index in [0.29, 0.717) is 0 Å². The molecular formula is C13H16BF4NO2. The fourth-order valence-corrected chi connectivity index (χ4v) is 1.87. The number of halogens is 4. The maximum absolute atomic E-state index is 13.3.